The Balaban J connectivity index is 1.43. The van der Waals surface area contributed by atoms with Gasteiger partial charge in [0.1, 0.15) is 28.7 Å². The van der Waals surface area contributed by atoms with Crippen LogP contribution in [-0.2, 0) is 6.42 Å². The van der Waals surface area contributed by atoms with E-state index in [1.807, 2.05) is 49.6 Å². The van der Waals surface area contributed by atoms with Gasteiger partial charge in [0.15, 0.2) is 0 Å². The molecule has 5 N–H and O–H groups in total. The van der Waals surface area contributed by atoms with E-state index in [0.29, 0.717) is 23.2 Å². The van der Waals surface area contributed by atoms with Gasteiger partial charge in [0.05, 0.1) is 17.6 Å². The van der Waals surface area contributed by atoms with Gasteiger partial charge in [-0.3, -0.25) is 4.40 Å². The number of anilines is 3. The second-order valence-corrected chi connectivity index (χ2v) is 10.2. The first-order valence-corrected chi connectivity index (χ1v) is 13.8. The zero-order valence-corrected chi connectivity index (χ0v) is 23.0. The van der Waals surface area contributed by atoms with Crippen LogP contribution in [0.4, 0.5) is 26.4 Å². The second-order valence-electron chi connectivity index (χ2n) is 10.2. The monoisotopic (exact) mass is 549 g/mol. The molecule has 0 saturated heterocycles. The molecule has 2 heterocycles. The maximum Gasteiger partial charge on any atom is 0.323 e. The van der Waals surface area contributed by atoms with Gasteiger partial charge in [0, 0.05) is 29.1 Å². The Kier molecular flexibility index (Phi) is 7.11. The number of imidazole rings is 1. The van der Waals surface area contributed by atoms with Crippen LogP contribution in [-0.4, -0.2) is 33.5 Å². The number of urea groups is 1. The lowest BCUT2D eigenvalue weighted by molar-refractivity contribution is 0.262. The third-order valence-corrected chi connectivity index (χ3v) is 7.73. The molecule has 1 atom stereocenters. The Morgan fingerprint density at radius 2 is 1.93 bits per heavy atom. The molecule has 9 heteroatoms. The zero-order chi connectivity index (χ0) is 28.5. The number of nitrogens with two attached hydrogens (primary N) is 1. The number of hydrogen-bond acceptors (Lipinski definition) is 5. The largest absolute Gasteiger partial charge is 0.382 e. The number of amides is 2. The van der Waals surface area contributed by atoms with E-state index in [2.05, 4.69) is 38.3 Å². The molecule has 8 nitrogen and oxygen atoms in total. The van der Waals surface area contributed by atoms with Crippen LogP contribution >= 0.6 is 0 Å². The highest BCUT2D eigenvalue weighted by Crippen LogP contribution is 2.38. The molecule has 0 saturated carbocycles. The van der Waals surface area contributed by atoms with Gasteiger partial charge in [0.25, 0.3) is 0 Å². The fourth-order valence-electron chi connectivity index (χ4n) is 5.66. The van der Waals surface area contributed by atoms with E-state index in [-0.39, 0.29) is 0 Å². The zero-order valence-electron chi connectivity index (χ0n) is 23.0. The van der Waals surface area contributed by atoms with E-state index in [9.17, 15) is 9.18 Å². The standard InChI is InChI=1S/C32H32FN7O/c1-3-28-39-29(30-31(34)36-18-27(40(28)30)19-11-13-21(35-2)14-12-19)25-15-16-26(24-10-5-4-9-23(24)25)38-32(41)37-22-8-6-7-20(33)17-22/h4-11,15-18,21,35H,3,12-14H2,1-2H3,(H2,34,36)(H2,37,38,41). The third kappa shape index (κ3) is 5.00. The number of benzene rings is 3. The maximum atomic E-state index is 13.6. The van der Waals surface area contributed by atoms with Crippen LogP contribution in [0.5, 0.6) is 0 Å². The normalized spacial score (nSPS) is 15.2. The summed E-state index contributed by atoms with van der Waals surface area (Å²) in [4.78, 5) is 22.5. The van der Waals surface area contributed by atoms with Gasteiger partial charge in [-0.05, 0) is 61.5 Å². The predicted octanol–water partition coefficient (Wildman–Crippen LogP) is 6.63. The Hall–Kier alpha value is -4.76. The summed E-state index contributed by atoms with van der Waals surface area (Å²) in [5.41, 5.74) is 12.2. The first-order valence-electron chi connectivity index (χ1n) is 13.8. The molecule has 2 amide bonds. The van der Waals surface area contributed by atoms with Crippen molar-refractivity contribution in [2.24, 2.45) is 0 Å². The number of rotatable bonds is 6. The van der Waals surface area contributed by atoms with Crippen LogP contribution in [0, 0.1) is 5.82 Å². The first kappa shape index (κ1) is 26.5. The van der Waals surface area contributed by atoms with Crippen molar-refractivity contribution in [2.75, 3.05) is 23.4 Å². The van der Waals surface area contributed by atoms with Crippen molar-refractivity contribution in [3.8, 4) is 11.3 Å². The molecule has 1 aliphatic carbocycles. The average Bonchev–Trinajstić information content (AvgIpc) is 3.38. The van der Waals surface area contributed by atoms with Crippen LogP contribution in [0.15, 0.2) is 72.9 Å². The summed E-state index contributed by atoms with van der Waals surface area (Å²) in [6, 6.07) is 17.4. The molecule has 0 bridgehead atoms. The summed E-state index contributed by atoms with van der Waals surface area (Å²) < 4.78 is 15.8. The molecule has 0 fully saturated rings. The van der Waals surface area contributed by atoms with E-state index in [0.717, 1.165) is 64.7 Å². The van der Waals surface area contributed by atoms with Crippen LogP contribution in [0.3, 0.4) is 0 Å². The summed E-state index contributed by atoms with van der Waals surface area (Å²) in [5.74, 6) is 0.910. The van der Waals surface area contributed by atoms with Crippen molar-refractivity contribution in [2.45, 2.75) is 38.6 Å². The Bertz CT molecular complexity index is 1810. The van der Waals surface area contributed by atoms with Crippen LogP contribution in [0.2, 0.25) is 0 Å². The topological polar surface area (TPSA) is 109 Å². The van der Waals surface area contributed by atoms with Gasteiger partial charge in [0.2, 0.25) is 0 Å². The number of nitrogens with zero attached hydrogens (tertiary/aromatic N) is 3. The summed E-state index contributed by atoms with van der Waals surface area (Å²) >= 11 is 0. The predicted molar refractivity (Wildman–Crippen MR) is 163 cm³/mol. The number of aromatic nitrogens is 3. The van der Waals surface area contributed by atoms with Gasteiger partial charge >= 0.3 is 6.03 Å². The molecular formula is C32H32FN7O. The minimum atomic E-state index is -0.464. The number of fused-ring (bicyclic) bond motifs is 2. The van der Waals surface area contributed by atoms with E-state index >= 15 is 0 Å². The lowest BCUT2D eigenvalue weighted by atomic mass is 9.93. The van der Waals surface area contributed by atoms with Crippen LogP contribution in [0.25, 0.3) is 33.1 Å². The molecule has 1 aliphatic rings. The molecule has 0 radical (unpaired) electrons. The average molecular weight is 550 g/mol. The minimum absolute atomic E-state index is 0.369. The van der Waals surface area contributed by atoms with Crippen molar-refractivity contribution < 1.29 is 9.18 Å². The minimum Gasteiger partial charge on any atom is -0.382 e. The van der Waals surface area contributed by atoms with Crippen molar-refractivity contribution in [1.29, 1.82) is 0 Å². The van der Waals surface area contributed by atoms with Crippen molar-refractivity contribution in [3.05, 3.63) is 90.3 Å². The van der Waals surface area contributed by atoms with E-state index in [1.165, 1.54) is 17.7 Å². The van der Waals surface area contributed by atoms with Crippen molar-refractivity contribution >= 4 is 45.1 Å². The summed E-state index contributed by atoms with van der Waals surface area (Å²) in [5, 5.41) is 10.7. The number of carbonyl (C=O) groups is 1. The molecule has 6 rings (SSSR count). The lowest BCUT2D eigenvalue weighted by Gasteiger charge is -2.22. The second kappa shape index (κ2) is 11.0. The summed E-state index contributed by atoms with van der Waals surface area (Å²) in [6.45, 7) is 2.09. The molecule has 0 aliphatic heterocycles. The number of hydrogen-bond donors (Lipinski definition) is 4. The first-order chi connectivity index (χ1) is 20.0. The van der Waals surface area contributed by atoms with Crippen molar-refractivity contribution in [1.82, 2.24) is 19.7 Å². The fraction of sp³-hybridized carbons (Fsp3) is 0.219. The Morgan fingerprint density at radius 1 is 1.10 bits per heavy atom. The Labute approximate surface area is 237 Å². The number of aryl methyl sites for hydroxylation is 1. The smallest absolute Gasteiger partial charge is 0.323 e. The quantitative estimate of drug-likeness (QED) is 0.190. The van der Waals surface area contributed by atoms with Gasteiger partial charge in [-0.1, -0.05) is 49.4 Å². The molecule has 2 aromatic heterocycles. The molecule has 5 aromatic rings. The molecule has 1 unspecified atom stereocenters. The molecule has 41 heavy (non-hydrogen) atoms. The van der Waals surface area contributed by atoms with Crippen molar-refractivity contribution in [3.63, 3.8) is 0 Å². The highest BCUT2D eigenvalue weighted by atomic mass is 19.1. The fourth-order valence-corrected chi connectivity index (χ4v) is 5.66. The lowest BCUT2D eigenvalue weighted by Crippen LogP contribution is -2.26. The number of carbonyl (C=O) groups excluding carboxylic acids is 1. The van der Waals surface area contributed by atoms with E-state index < -0.39 is 11.8 Å². The maximum absolute atomic E-state index is 13.6. The SMILES string of the molecule is CCc1nc(-c2ccc(NC(=O)Nc3cccc(F)c3)c3ccccc23)c2c(N)ncc(C3=CCC(NC)CC3)n12. The van der Waals surface area contributed by atoms with Crippen LogP contribution < -0.4 is 21.7 Å². The molecule has 208 valence electrons. The van der Waals surface area contributed by atoms with Gasteiger partial charge in [-0.15, -0.1) is 0 Å². The Morgan fingerprint density at radius 3 is 2.66 bits per heavy atom. The van der Waals surface area contributed by atoms with Gasteiger partial charge in [-0.25, -0.2) is 19.2 Å². The van der Waals surface area contributed by atoms with Crippen LogP contribution in [0.1, 0.15) is 37.7 Å². The van der Waals surface area contributed by atoms with E-state index in [4.69, 9.17) is 10.7 Å². The molecule has 3 aromatic carbocycles. The highest BCUT2D eigenvalue weighted by Gasteiger charge is 2.23. The number of allylic oxidation sites excluding steroid dienone is 1. The number of nitrogen functional groups attached to an aromatic ring is 1. The third-order valence-electron chi connectivity index (χ3n) is 7.73. The summed E-state index contributed by atoms with van der Waals surface area (Å²) in [6.07, 6.45) is 7.85. The number of halogens is 1. The molecular weight excluding hydrogens is 517 g/mol. The van der Waals surface area contributed by atoms with Gasteiger partial charge in [-0.2, -0.15) is 0 Å². The molecule has 0 spiro atoms. The van der Waals surface area contributed by atoms with E-state index in [1.54, 1.807) is 12.1 Å². The highest BCUT2D eigenvalue weighted by molar-refractivity contribution is 6.11. The summed E-state index contributed by atoms with van der Waals surface area (Å²) in [7, 11) is 2.01. The van der Waals surface area contributed by atoms with Gasteiger partial charge < -0.3 is 21.7 Å². The number of nitrogens with one attached hydrogen (secondary N) is 3.